The summed E-state index contributed by atoms with van der Waals surface area (Å²) in [5.74, 6) is -0.0173. The van der Waals surface area contributed by atoms with Crippen LogP contribution in [0.25, 0.3) is 0 Å². The number of hydrogen-bond acceptors (Lipinski definition) is 4. The van der Waals surface area contributed by atoms with E-state index in [1.54, 1.807) is 12.1 Å². The highest BCUT2D eigenvalue weighted by Crippen LogP contribution is 2.26. The molecule has 1 amide bonds. The van der Waals surface area contributed by atoms with E-state index in [4.69, 9.17) is 0 Å². The second-order valence-electron chi connectivity index (χ2n) is 6.72. The lowest BCUT2D eigenvalue weighted by atomic mass is 9.93. The molecule has 0 aliphatic carbocycles. The van der Waals surface area contributed by atoms with Crippen LogP contribution in [-0.2, 0) is 21.4 Å². The van der Waals surface area contributed by atoms with Crippen molar-refractivity contribution in [2.45, 2.75) is 37.1 Å². The molecule has 1 saturated heterocycles. The number of sulfonamides is 1. The van der Waals surface area contributed by atoms with Gasteiger partial charge in [-0.1, -0.05) is 12.1 Å². The Hall–Kier alpha value is -2.26. The quantitative estimate of drug-likeness (QED) is 0.751. The van der Waals surface area contributed by atoms with E-state index in [1.165, 1.54) is 28.8 Å². The molecule has 3 rings (SSSR count). The van der Waals surface area contributed by atoms with E-state index in [1.807, 2.05) is 0 Å². The topological polar surface area (TPSA) is 95.2 Å². The van der Waals surface area contributed by atoms with Gasteiger partial charge in [-0.3, -0.25) is 9.89 Å². The zero-order valence-corrected chi connectivity index (χ0v) is 15.7. The van der Waals surface area contributed by atoms with Gasteiger partial charge in [0, 0.05) is 32.3 Å². The van der Waals surface area contributed by atoms with E-state index in [2.05, 4.69) is 15.5 Å². The van der Waals surface area contributed by atoms with Crippen LogP contribution in [0.2, 0.25) is 0 Å². The number of hydrogen-bond donors (Lipinski definition) is 2. The number of halogens is 1. The number of piperidine rings is 1. The minimum absolute atomic E-state index is 0.0484. The minimum atomic E-state index is -3.48. The first-order valence-electron chi connectivity index (χ1n) is 8.95. The zero-order valence-electron chi connectivity index (χ0n) is 14.9. The van der Waals surface area contributed by atoms with E-state index in [9.17, 15) is 17.6 Å². The van der Waals surface area contributed by atoms with Crippen molar-refractivity contribution in [1.82, 2.24) is 19.8 Å². The largest absolute Gasteiger partial charge is 0.352 e. The number of benzene rings is 1. The average molecular weight is 394 g/mol. The first kappa shape index (κ1) is 19.5. The van der Waals surface area contributed by atoms with Gasteiger partial charge in [-0.05, 0) is 42.9 Å². The predicted molar refractivity (Wildman–Crippen MR) is 97.6 cm³/mol. The summed E-state index contributed by atoms with van der Waals surface area (Å²) in [6, 6.07) is 6.03. The van der Waals surface area contributed by atoms with Gasteiger partial charge in [0.2, 0.25) is 15.9 Å². The molecule has 27 heavy (non-hydrogen) atoms. The van der Waals surface area contributed by atoms with Crippen molar-refractivity contribution in [3.8, 4) is 0 Å². The number of nitrogens with one attached hydrogen (secondary N) is 2. The van der Waals surface area contributed by atoms with Crippen LogP contribution in [0.4, 0.5) is 4.39 Å². The number of amides is 1. The van der Waals surface area contributed by atoms with Crippen LogP contribution in [0.1, 0.15) is 31.2 Å². The Balaban J connectivity index is 1.39. The molecule has 1 aromatic carbocycles. The third-order valence-electron chi connectivity index (χ3n) is 4.87. The highest BCUT2D eigenvalue weighted by molar-refractivity contribution is 7.89. The summed E-state index contributed by atoms with van der Waals surface area (Å²) in [5, 5.41) is 9.05. The minimum Gasteiger partial charge on any atom is -0.352 e. The fraction of sp³-hybridized carbons (Fsp3) is 0.444. The Morgan fingerprint density at radius 2 is 1.96 bits per heavy atom. The third-order valence-corrected chi connectivity index (χ3v) is 6.73. The fourth-order valence-corrected chi connectivity index (χ4v) is 4.57. The highest BCUT2D eigenvalue weighted by Gasteiger charge is 2.30. The summed E-state index contributed by atoms with van der Waals surface area (Å²) in [6.07, 6.45) is 5.31. The third kappa shape index (κ3) is 5.14. The first-order chi connectivity index (χ1) is 12.9. The van der Waals surface area contributed by atoms with Crippen molar-refractivity contribution in [3.63, 3.8) is 0 Å². The first-order valence-corrected chi connectivity index (χ1v) is 10.4. The predicted octanol–water partition coefficient (Wildman–Crippen LogP) is 2.05. The fourth-order valence-electron chi connectivity index (χ4n) is 3.19. The molecule has 2 aromatic rings. The van der Waals surface area contributed by atoms with Crippen LogP contribution in [-0.4, -0.2) is 41.9 Å². The molecule has 1 aromatic heterocycles. The Morgan fingerprint density at radius 3 is 2.59 bits per heavy atom. The molecule has 0 radical (unpaired) electrons. The van der Waals surface area contributed by atoms with Gasteiger partial charge in [0.15, 0.2) is 0 Å². The molecule has 7 nitrogen and oxygen atoms in total. The van der Waals surface area contributed by atoms with Gasteiger partial charge < -0.3 is 5.32 Å². The summed E-state index contributed by atoms with van der Waals surface area (Å²) in [6.45, 7) is 1.28. The van der Waals surface area contributed by atoms with Crippen molar-refractivity contribution >= 4 is 15.9 Å². The van der Waals surface area contributed by atoms with E-state index in [0.717, 1.165) is 24.8 Å². The Morgan fingerprint density at radius 1 is 1.26 bits per heavy atom. The second-order valence-corrected chi connectivity index (χ2v) is 8.66. The smallest absolute Gasteiger partial charge is 0.246 e. The van der Waals surface area contributed by atoms with Gasteiger partial charge >= 0.3 is 0 Å². The number of carbonyl (C=O) groups is 1. The van der Waals surface area contributed by atoms with Crippen LogP contribution in [0.15, 0.2) is 41.6 Å². The number of aromatic nitrogens is 2. The lowest BCUT2D eigenvalue weighted by molar-refractivity contribution is -0.121. The molecular weight excluding hydrogens is 371 g/mol. The Bertz CT molecular complexity index is 845. The average Bonchev–Trinajstić information content (AvgIpc) is 3.22. The number of carbonyl (C=O) groups excluding carboxylic acids is 1. The molecule has 0 unspecified atom stereocenters. The molecular formula is C18H23FN4O3S. The van der Waals surface area contributed by atoms with E-state index >= 15 is 0 Å². The maximum Gasteiger partial charge on any atom is 0.246 e. The van der Waals surface area contributed by atoms with E-state index < -0.39 is 10.0 Å². The van der Waals surface area contributed by atoms with Crippen LogP contribution < -0.4 is 5.32 Å². The normalized spacial score (nSPS) is 16.3. The number of nitrogens with zero attached hydrogens (tertiary/aromatic N) is 2. The van der Waals surface area contributed by atoms with Crippen molar-refractivity contribution in [3.05, 3.63) is 48.0 Å². The number of rotatable bonds is 7. The molecule has 0 saturated carbocycles. The lowest BCUT2D eigenvalue weighted by Crippen LogP contribution is -2.38. The van der Waals surface area contributed by atoms with Crippen LogP contribution in [0.3, 0.4) is 0 Å². The molecule has 1 aliphatic rings. The highest BCUT2D eigenvalue weighted by atomic mass is 32.2. The summed E-state index contributed by atoms with van der Waals surface area (Å²) >= 11 is 0. The van der Waals surface area contributed by atoms with E-state index in [0.29, 0.717) is 32.0 Å². The standard InChI is InChI=1S/C18H23FN4O3S/c19-16-4-1-15(2-5-16)11-20-18(24)6-3-14-7-9-23(10-8-14)27(25,26)17-12-21-22-13-17/h1-2,4-5,12-14H,3,6-11H2,(H,20,24)(H,21,22). The molecule has 2 heterocycles. The summed E-state index contributed by atoms with van der Waals surface area (Å²) in [5.41, 5.74) is 0.850. The monoisotopic (exact) mass is 394 g/mol. The number of H-pyrrole nitrogens is 1. The van der Waals surface area contributed by atoms with Crippen molar-refractivity contribution in [2.75, 3.05) is 13.1 Å². The Labute approximate surface area is 158 Å². The molecule has 1 aliphatic heterocycles. The van der Waals surface area contributed by atoms with Gasteiger partial charge in [-0.2, -0.15) is 9.40 Å². The van der Waals surface area contributed by atoms with Crippen molar-refractivity contribution in [1.29, 1.82) is 0 Å². The summed E-state index contributed by atoms with van der Waals surface area (Å²) in [4.78, 5) is 12.2. The van der Waals surface area contributed by atoms with E-state index in [-0.39, 0.29) is 16.6 Å². The molecule has 146 valence electrons. The maximum atomic E-state index is 12.9. The molecule has 1 fully saturated rings. The number of aromatic amines is 1. The van der Waals surface area contributed by atoms with Gasteiger partial charge in [-0.25, -0.2) is 12.8 Å². The summed E-state index contributed by atoms with van der Waals surface area (Å²) < 4.78 is 39.2. The zero-order chi connectivity index (χ0) is 19.3. The van der Waals surface area contributed by atoms with Gasteiger partial charge in [0.05, 0.1) is 6.20 Å². The second kappa shape index (κ2) is 8.62. The van der Waals surface area contributed by atoms with Crippen molar-refractivity contribution < 1.29 is 17.6 Å². The van der Waals surface area contributed by atoms with Gasteiger partial charge in [0.1, 0.15) is 10.7 Å². The van der Waals surface area contributed by atoms with Gasteiger partial charge in [0.25, 0.3) is 0 Å². The van der Waals surface area contributed by atoms with Crippen molar-refractivity contribution in [2.24, 2.45) is 5.92 Å². The van der Waals surface area contributed by atoms with Crippen LogP contribution in [0.5, 0.6) is 0 Å². The molecule has 0 bridgehead atoms. The van der Waals surface area contributed by atoms with Crippen LogP contribution in [0, 0.1) is 11.7 Å². The molecule has 0 atom stereocenters. The molecule has 9 heteroatoms. The Kier molecular flexibility index (Phi) is 6.22. The summed E-state index contributed by atoms with van der Waals surface area (Å²) in [7, 11) is -3.48. The molecule has 2 N–H and O–H groups in total. The SMILES string of the molecule is O=C(CCC1CCN(S(=O)(=O)c2cn[nH]c2)CC1)NCc1ccc(F)cc1. The van der Waals surface area contributed by atoms with Crippen LogP contribution >= 0.6 is 0 Å². The lowest BCUT2D eigenvalue weighted by Gasteiger charge is -2.30. The molecule has 0 spiro atoms. The maximum absolute atomic E-state index is 12.9. The van der Waals surface area contributed by atoms with Gasteiger partial charge in [-0.15, -0.1) is 0 Å².